The molecule has 1 aromatic carbocycles. The summed E-state index contributed by atoms with van der Waals surface area (Å²) in [6.45, 7) is 1.95. The number of hydrogen-bond acceptors (Lipinski definition) is 4. The molecule has 0 saturated carbocycles. The maximum absolute atomic E-state index is 11.0. The first kappa shape index (κ1) is 16.5. The van der Waals surface area contributed by atoms with Crippen molar-refractivity contribution < 1.29 is 46.6 Å². The van der Waals surface area contributed by atoms with Crippen molar-refractivity contribution in [1.29, 1.82) is 0 Å². The van der Waals surface area contributed by atoms with Crippen LogP contribution in [0.1, 0.15) is 6.92 Å². The van der Waals surface area contributed by atoms with E-state index in [0.29, 0.717) is 15.7 Å². The second-order valence-electron chi connectivity index (χ2n) is 3.12. The van der Waals surface area contributed by atoms with Crippen molar-refractivity contribution in [1.82, 2.24) is 0 Å². The molecular weight excluding hydrogens is 271 g/mol. The van der Waals surface area contributed by atoms with Gasteiger partial charge in [-0.1, -0.05) is 25.1 Å². The Bertz CT molecular complexity index is 433. The van der Waals surface area contributed by atoms with Crippen LogP contribution >= 0.6 is 0 Å². The van der Waals surface area contributed by atoms with Crippen LogP contribution in [0.25, 0.3) is 0 Å². The van der Waals surface area contributed by atoms with Crippen LogP contribution in [-0.4, -0.2) is 32.5 Å². The van der Waals surface area contributed by atoms with Gasteiger partial charge in [-0.05, 0) is 17.3 Å². The third kappa shape index (κ3) is 4.08. The summed E-state index contributed by atoms with van der Waals surface area (Å²) in [5.41, 5.74) is 0. The molecule has 8 heteroatoms. The van der Waals surface area contributed by atoms with Gasteiger partial charge in [0, 0.05) is 0 Å². The van der Waals surface area contributed by atoms with Crippen LogP contribution in [-0.2, 0) is 14.2 Å². The van der Waals surface area contributed by atoms with Gasteiger partial charge in [0.1, 0.15) is 20.6 Å². The largest absolute Gasteiger partial charge is 1.00 e. The van der Waals surface area contributed by atoms with E-state index in [4.69, 9.17) is 4.12 Å². The molecule has 1 unspecified atom stereocenters. The minimum Gasteiger partial charge on any atom is -0.744 e. The van der Waals surface area contributed by atoms with Crippen molar-refractivity contribution in [3.8, 4) is 0 Å². The molecule has 1 rings (SSSR count). The summed E-state index contributed by atoms with van der Waals surface area (Å²) in [5.74, 6) is 0. The SMILES string of the molecule is CC[SiH](O[SiH3])c1ccccc1S(=O)(=O)[O-].[Na+]. The van der Waals surface area contributed by atoms with Gasteiger partial charge >= 0.3 is 29.6 Å². The number of rotatable bonds is 4. The van der Waals surface area contributed by atoms with Crippen LogP contribution in [0, 0.1) is 0 Å². The third-order valence-electron chi connectivity index (χ3n) is 2.19. The molecule has 0 radical (unpaired) electrons. The van der Waals surface area contributed by atoms with Gasteiger partial charge in [0.05, 0.1) is 4.90 Å². The Morgan fingerprint density at radius 2 is 2.00 bits per heavy atom. The van der Waals surface area contributed by atoms with Crippen LogP contribution < -0.4 is 34.7 Å². The van der Waals surface area contributed by atoms with E-state index in [1.165, 1.54) is 6.07 Å². The minimum atomic E-state index is -4.38. The van der Waals surface area contributed by atoms with Crippen LogP contribution in [0.15, 0.2) is 29.2 Å². The molecular formula is C8H13NaO4SSi2. The van der Waals surface area contributed by atoms with Crippen LogP contribution in [0.5, 0.6) is 0 Å². The number of hydrogen-bond donors (Lipinski definition) is 0. The van der Waals surface area contributed by atoms with Crippen molar-refractivity contribution in [2.75, 3.05) is 0 Å². The fraction of sp³-hybridized carbons (Fsp3) is 0.250. The molecule has 0 fully saturated rings. The number of benzene rings is 1. The zero-order valence-corrected chi connectivity index (χ0v) is 15.6. The molecule has 0 aliphatic rings. The Hall–Kier alpha value is 0.524. The van der Waals surface area contributed by atoms with Gasteiger partial charge in [-0.25, -0.2) is 8.42 Å². The fourth-order valence-electron chi connectivity index (χ4n) is 1.49. The Morgan fingerprint density at radius 3 is 2.44 bits per heavy atom. The topological polar surface area (TPSA) is 66.4 Å². The Kier molecular flexibility index (Phi) is 7.30. The van der Waals surface area contributed by atoms with Crippen molar-refractivity contribution in [3.63, 3.8) is 0 Å². The summed E-state index contributed by atoms with van der Waals surface area (Å²) in [4.78, 5) is -0.112. The Labute approximate surface area is 123 Å². The van der Waals surface area contributed by atoms with Crippen molar-refractivity contribution in [2.45, 2.75) is 17.9 Å². The van der Waals surface area contributed by atoms with Gasteiger partial charge in [0.2, 0.25) is 0 Å². The molecule has 16 heavy (non-hydrogen) atoms. The van der Waals surface area contributed by atoms with Gasteiger partial charge in [0.25, 0.3) is 0 Å². The molecule has 84 valence electrons. The average molecular weight is 284 g/mol. The quantitative estimate of drug-likeness (QED) is 0.416. The molecule has 0 bridgehead atoms. The van der Waals surface area contributed by atoms with E-state index < -0.39 is 19.2 Å². The van der Waals surface area contributed by atoms with Crippen LogP contribution in [0.2, 0.25) is 6.04 Å². The van der Waals surface area contributed by atoms with Crippen LogP contribution in [0.4, 0.5) is 0 Å². The summed E-state index contributed by atoms with van der Waals surface area (Å²) in [5, 5.41) is 0.602. The molecule has 0 amide bonds. The fourth-order valence-corrected chi connectivity index (χ4v) is 6.45. The van der Waals surface area contributed by atoms with E-state index in [1.54, 1.807) is 18.2 Å². The maximum atomic E-state index is 11.0. The molecule has 0 saturated heterocycles. The third-order valence-corrected chi connectivity index (χ3v) is 7.53. The van der Waals surface area contributed by atoms with Gasteiger partial charge in [-0.3, -0.25) is 0 Å². The monoisotopic (exact) mass is 284 g/mol. The average Bonchev–Trinajstić information content (AvgIpc) is 2.19. The molecule has 0 aliphatic carbocycles. The van der Waals surface area contributed by atoms with E-state index in [9.17, 15) is 13.0 Å². The Morgan fingerprint density at radius 1 is 1.44 bits per heavy atom. The van der Waals surface area contributed by atoms with E-state index in [-0.39, 0.29) is 34.5 Å². The van der Waals surface area contributed by atoms with Gasteiger partial charge < -0.3 is 8.67 Å². The summed E-state index contributed by atoms with van der Waals surface area (Å²) in [6.07, 6.45) is 0. The first-order chi connectivity index (χ1) is 7.00. The molecule has 1 atom stereocenters. The molecule has 4 nitrogen and oxygen atoms in total. The van der Waals surface area contributed by atoms with E-state index >= 15 is 0 Å². The van der Waals surface area contributed by atoms with Gasteiger partial charge in [0.15, 0.2) is 9.04 Å². The normalized spacial score (nSPS) is 13.1. The van der Waals surface area contributed by atoms with E-state index in [1.807, 2.05) is 6.92 Å². The summed E-state index contributed by atoms with van der Waals surface area (Å²) < 4.78 is 38.4. The molecule has 0 heterocycles. The Balaban J connectivity index is 0.00000225. The molecule has 0 aromatic heterocycles. The zero-order chi connectivity index (χ0) is 11.5. The standard InChI is InChI=1S/C8H14O4SSi2.Na/c1-2-15(12-14)8-6-4-3-5-7(8)13(9,10)11;/h3-6,15H,2H2,1,14H3,(H,9,10,11);/q;+1/p-1. The molecule has 0 N–H and O–H groups in total. The van der Waals surface area contributed by atoms with E-state index in [0.717, 1.165) is 6.04 Å². The van der Waals surface area contributed by atoms with Crippen molar-refractivity contribution in [2.24, 2.45) is 0 Å². The molecule has 0 aliphatic heterocycles. The zero-order valence-electron chi connectivity index (χ0n) is 9.64. The summed E-state index contributed by atoms with van der Waals surface area (Å²) >= 11 is 0. The molecule has 0 spiro atoms. The summed E-state index contributed by atoms with van der Waals surface area (Å²) in [6, 6.07) is 7.12. The maximum Gasteiger partial charge on any atom is 1.00 e. The van der Waals surface area contributed by atoms with Crippen molar-refractivity contribution in [3.05, 3.63) is 24.3 Å². The predicted molar refractivity (Wildman–Crippen MR) is 62.7 cm³/mol. The minimum absolute atomic E-state index is 0. The first-order valence-electron chi connectivity index (χ1n) is 4.58. The van der Waals surface area contributed by atoms with Gasteiger partial charge in [-0.15, -0.1) is 0 Å². The van der Waals surface area contributed by atoms with E-state index in [2.05, 4.69) is 0 Å². The first-order valence-corrected chi connectivity index (χ1v) is 8.67. The van der Waals surface area contributed by atoms with Crippen LogP contribution in [0.3, 0.4) is 0 Å². The summed E-state index contributed by atoms with van der Waals surface area (Å²) in [7, 11) is -5.52. The van der Waals surface area contributed by atoms with Crippen molar-refractivity contribution >= 4 is 34.8 Å². The predicted octanol–water partition coefficient (Wildman–Crippen LogP) is -4.16. The molecule has 1 aromatic rings. The second-order valence-corrected chi connectivity index (χ2v) is 8.77. The second kappa shape index (κ2) is 7.07. The van der Waals surface area contributed by atoms with Gasteiger partial charge in [-0.2, -0.15) is 0 Å². The smallest absolute Gasteiger partial charge is 0.744 e.